The summed E-state index contributed by atoms with van der Waals surface area (Å²) >= 11 is 1.66. The maximum atomic E-state index is 12.3. The SMILES string of the molecule is O=C(Cn1cnc2ccccc21)NCc1cncc(-c2ccsc2)c1. The van der Waals surface area contributed by atoms with Crippen LogP contribution in [0.4, 0.5) is 0 Å². The summed E-state index contributed by atoms with van der Waals surface area (Å²) in [7, 11) is 0. The molecule has 6 heteroatoms. The topological polar surface area (TPSA) is 59.8 Å². The second-order valence-corrected chi connectivity index (χ2v) is 6.51. The van der Waals surface area contributed by atoms with E-state index in [0.717, 1.165) is 27.7 Å². The normalized spacial score (nSPS) is 10.9. The van der Waals surface area contributed by atoms with Crippen molar-refractivity contribution in [2.45, 2.75) is 13.1 Å². The van der Waals surface area contributed by atoms with E-state index in [2.05, 4.69) is 32.8 Å². The molecule has 0 atom stereocenters. The number of carbonyl (C=O) groups excluding carboxylic acids is 1. The van der Waals surface area contributed by atoms with E-state index in [0.29, 0.717) is 6.54 Å². The van der Waals surface area contributed by atoms with Crippen molar-refractivity contribution in [3.8, 4) is 11.1 Å². The van der Waals surface area contributed by atoms with E-state index >= 15 is 0 Å². The van der Waals surface area contributed by atoms with Crippen LogP contribution in [-0.4, -0.2) is 20.4 Å². The summed E-state index contributed by atoms with van der Waals surface area (Å²) < 4.78 is 1.85. The van der Waals surface area contributed by atoms with Crippen LogP contribution in [-0.2, 0) is 17.9 Å². The van der Waals surface area contributed by atoms with Crippen molar-refractivity contribution >= 4 is 28.3 Å². The number of nitrogens with one attached hydrogen (secondary N) is 1. The van der Waals surface area contributed by atoms with E-state index < -0.39 is 0 Å². The molecule has 3 aromatic heterocycles. The maximum absolute atomic E-state index is 12.3. The lowest BCUT2D eigenvalue weighted by Gasteiger charge is -2.08. The second-order valence-electron chi connectivity index (χ2n) is 5.73. The Kier molecular flexibility index (Phi) is 4.26. The van der Waals surface area contributed by atoms with Crippen LogP contribution in [0.2, 0.25) is 0 Å². The summed E-state index contributed by atoms with van der Waals surface area (Å²) in [4.78, 5) is 20.8. The lowest BCUT2D eigenvalue weighted by atomic mass is 10.1. The third kappa shape index (κ3) is 3.44. The summed E-state index contributed by atoms with van der Waals surface area (Å²) in [6.07, 6.45) is 5.32. The maximum Gasteiger partial charge on any atom is 0.240 e. The summed E-state index contributed by atoms with van der Waals surface area (Å²) in [6, 6.07) is 11.9. The zero-order valence-corrected chi connectivity index (χ0v) is 14.2. The van der Waals surface area contributed by atoms with Crippen molar-refractivity contribution in [1.82, 2.24) is 19.9 Å². The number of aromatic nitrogens is 3. The highest BCUT2D eigenvalue weighted by atomic mass is 32.1. The van der Waals surface area contributed by atoms with Crippen molar-refractivity contribution in [3.05, 3.63) is 71.4 Å². The zero-order valence-electron chi connectivity index (χ0n) is 13.4. The largest absolute Gasteiger partial charge is 0.350 e. The molecule has 124 valence electrons. The minimum absolute atomic E-state index is 0.0518. The standard InChI is InChI=1S/C19H16N4OS/c24-19(11-23-13-22-17-3-1-2-4-18(17)23)21-9-14-7-16(10-20-8-14)15-5-6-25-12-15/h1-8,10,12-13H,9,11H2,(H,21,24). The Morgan fingerprint density at radius 2 is 2.08 bits per heavy atom. The number of carbonyl (C=O) groups is 1. The number of imidazole rings is 1. The molecule has 0 saturated heterocycles. The number of benzene rings is 1. The van der Waals surface area contributed by atoms with E-state index in [9.17, 15) is 4.79 Å². The minimum atomic E-state index is -0.0518. The molecule has 0 bridgehead atoms. The van der Waals surface area contributed by atoms with Crippen LogP contribution in [0, 0.1) is 0 Å². The Morgan fingerprint density at radius 3 is 2.96 bits per heavy atom. The van der Waals surface area contributed by atoms with Crippen LogP contribution in [0.15, 0.2) is 65.9 Å². The van der Waals surface area contributed by atoms with E-state index in [1.807, 2.05) is 40.4 Å². The molecule has 1 N–H and O–H groups in total. The molecule has 4 rings (SSSR count). The summed E-state index contributed by atoms with van der Waals surface area (Å²) in [6.45, 7) is 0.703. The van der Waals surface area contributed by atoms with Crippen LogP contribution >= 0.6 is 11.3 Å². The van der Waals surface area contributed by atoms with Gasteiger partial charge in [0, 0.05) is 24.5 Å². The molecule has 0 aliphatic rings. The second kappa shape index (κ2) is 6.86. The minimum Gasteiger partial charge on any atom is -0.350 e. The van der Waals surface area contributed by atoms with Gasteiger partial charge in [-0.3, -0.25) is 9.78 Å². The Morgan fingerprint density at radius 1 is 1.16 bits per heavy atom. The van der Waals surface area contributed by atoms with Crippen LogP contribution in [0.3, 0.4) is 0 Å². The molecule has 0 aliphatic carbocycles. The molecular formula is C19H16N4OS. The van der Waals surface area contributed by atoms with Crippen molar-refractivity contribution in [1.29, 1.82) is 0 Å². The Hall–Kier alpha value is -2.99. The van der Waals surface area contributed by atoms with Gasteiger partial charge >= 0.3 is 0 Å². The van der Waals surface area contributed by atoms with Gasteiger partial charge in [-0.15, -0.1) is 0 Å². The Labute approximate surface area is 149 Å². The zero-order chi connectivity index (χ0) is 17.1. The average molecular weight is 348 g/mol. The third-order valence-corrected chi connectivity index (χ3v) is 4.66. The van der Waals surface area contributed by atoms with Crippen LogP contribution < -0.4 is 5.32 Å². The highest BCUT2D eigenvalue weighted by molar-refractivity contribution is 7.08. The molecule has 0 unspecified atom stereocenters. The number of hydrogen-bond acceptors (Lipinski definition) is 4. The van der Waals surface area contributed by atoms with E-state index in [4.69, 9.17) is 0 Å². The molecule has 5 nitrogen and oxygen atoms in total. The van der Waals surface area contributed by atoms with Crippen LogP contribution in [0.5, 0.6) is 0 Å². The van der Waals surface area contributed by atoms with Gasteiger partial charge in [0.15, 0.2) is 0 Å². The number of amides is 1. The lowest BCUT2D eigenvalue weighted by Crippen LogP contribution is -2.26. The number of thiophene rings is 1. The fraction of sp³-hybridized carbons (Fsp3) is 0.105. The number of fused-ring (bicyclic) bond motifs is 1. The molecule has 0 spiro atoms. The quantitative estimate of drug-likeness (QED) is 0.601. The number of nitrogens with zero attached hydrogens (tertiary/aromatic N) is 3. The van der Waals surface area contributed by atoms with Crippen LogP contribution in [0.1, 0.15) is 5.56 Å². The summed E-state index contributed by atoms with van der Waals surface area (Å²) in [5, 5.41) is 7.08. The first-order valence-electron chi connectivity index (χ1n) is 7.93. The van der Waals surface area contributed by atoms with E-state index in [1.165, 1.54) is 0 Å². The molecule has 1 aromatic carbocycles. The number of rotatable bonds is 5. The van der Waals surface area contributed by atoms with Crippen molar-refractivity contribution in [3.63, 3.8) is 0 Å². The monoisotopic (exact) mass is 348 g/mol. The fourth-order valence-corrected chi connectivity index (χ4v) is 3.38. The first-order chi connectivity index (χ1) is 12.3. The predicted octanol–water partition coefficient (Wildman–Crippen LogP) is 3.48. The smallest absolute Gasteiger partial charge is 0.240 e. The van der Waals surface area contributed by atoms with E-state index in [-0.39, 0.29) is 12.5 Å². The molecule has 1 amide bonds. The van der Waals surface area contributed by atoms with Crippen molar-refractivity contribution in [2.24, 2.45) is 0 Å². The third-order valence-electron chi connectivity index (χ3n) is 3.98. The van der Waals surface area contributed by atoms with Gasteiger partial charge in [0.25, 0.3) is 0 Å². The Balaban J connectivity index is 1.41. The molecule has 0 aliphatic heterocycles. The fourth-order valence-electron chi connectivity index (χ4n) is 2.72. The number of hydrogen-bond donors (Lipinski definition) is 1. The van der Waals surface area contributed by atoms with Gasteiger partial charge < -0.3 is 9.88 Å². The predicted molar refractivity (Wildman–Crippen MR) is 99.1 cm³/mol. The molecule has 25 heavy (non-hydrogen) atoms. The van der Waals surface area contributed by atoms with Gasteiger partial charge in [-0.1, -0.05) is 12.1 Å². The molecule has 0 fully saturated rings. The average Bonchev–Trinajstić information content (AvgIpc) is 3.31. The highest BCUT2D eigenvalue weighted by Gasteiger charge is 2.07. The van der Waals surface area contributed by atoms with Gasteiger partial charge in [-0.2, -0.15) is 11.3 Å². The van der Waals surface area contributed by atoms with E-state index in [1.54, 1.807) is 23.9 Å². The molecule has 0 radical (unpaired) electrons. The number of pyridine rings is 1. The lowest BCUT2D eigenvalue weighted by molar-refractivity contribution is -0.121. The Bertz CT molecular complexity index is 1010. The molecule has 3 heterocycles. The molecular weight excluding hydrogens is 332 g/mol. The van der Waals surface area contributed by atoms with Crippen LogP contribution in [0.25, 0.3) is 22.2 Å². The van der Waals surface area contributed by atoms with Crippen molar-refractivity contribution < 1.29 is 4.79 Å². The molecule has 0 saturated carbocycles. The van der Waals surface area contributed by atoms with Gasteiger partial charge in [0.1, 0.15) is 6.54 Å². The summed E-state index contributed by atoms with van der Waals surface area (Å²) in [5.41, 5.74) is 5.04. The first kappa shape index (κ1) is 15.5. The van der Waals surface area contributed by atoms with Gasteiger partial charge in [-0.25, -0.2) is 4.98 Å². The van der Waals surface area contributed by atoms with Gasteiger partial charge in [-0.05, 0) is 46.2 Å². The first-order valence-corrected chi connectivity index (χ1v) is 8.87. The summed E-state index contributed by atoms with van der Waals surface area (Å²) in [5.74, 6) is -0.0518. The van der Waals surface area contributed by atoms with Gasteiger partial charge in [0.2, 0.25) is 5.91 Å². The number of para-hydroxylation sites is 2. The van der Waals surface area contributed by atoms with Gasteiger partial charge in [0.05, 0.1) is 17.4 Å². The highest BCUT2D eigenvalue weighted by Crippen LogP contribution is 2.21. The van der Waals surface area contributed by atoms with Crippen molar-refractivity contribution in [2.75, 3.05) is 0 Å². The molecule has 4 aromatic rings.